The number of carbonyl (C=O) groups is 2. The molecule has 1 aliphatic carbocycles. The first-order valence-corrected chi connectivity index (χ1v) is 15.4. The van der Waals surface area contributed by atoms with Crippen molar-refractivity contribution in [1.29, 1.82) is 0 Å². The minimum Gasteiger partial charge on any atom is -0.351 e. The second-order valence-electron chi connectivity index (χ2n) is 9.33. The summed E-state index contributed by atoms with van der Waals surface area (Å²) in [5, 5.41) is 6.20. The molecular weight excluding hydrogens is 448 g/mol. The third kappa shape index (κ3) is 9.20. The SMILES string of the molecule is CCCCCCCCCCC1(C(=O)Nc2cc(C(=O)NCCSC)ccc2SC)CCCC1. The van der Waals surface area contributed by atoms with Gasteiger partial charge in [-0.3, -0.25) is 9.59 Å². The van der Waals surface area contributed by atoms with Gasteiger partial charge >= 0.3 is 0 Å². The second-order valence-corrected chi connectivity index (χ2v) is 11.2. The second kappa shape index (κ2) is 15.7. The Kier molecular flexibility index (Phi) is 13.4. The zero-order valence-corrected chi connectivity index (χ0v) is 22.6. The molecule has 0 spiro atoms. The van der Waals surface area contributed by atoms with Crippen molar-refractivity contribution in [1.82, 2.24) is 5.32 Å². The molecule has 0 bridgehead atoms. The fourth-order valence-corrected chi connectivity index (χ4v) is 5.65. The van der Waals surface area contributed by atoms with Crippen LogP contribution in [-0.2, 0) is 4.79 Å². The first kappa shape index (κ1) is 28.1. The lowest BCUT2D eigenvalue weighted by molar-refractivity contribution is -0.125. The van der Waals surface area contributed by atoms with Crippen molar-refractivity contribution in [3.8, 4) is 0 Å². The van der Waals surface area contributed by atoms with E-state index in [9.17, 15) is 9.59 Å². The molecule has 0 atom stereocenters. The van der Waals surface area contributed by atoms with E-state index in [0.29, 0.717) is 12.1 Å². The standard InChI is InChI=1S/C27H44N2O2S2/c1-4-5-6-7-8-9-10-11-16-27(17-12-13-18-27)26(31)29-23-21-22(14-15-24(23)33-3)25(30)28-19-20-32-2/h14-15,21H,4-13,16-20H2,1-3H3,(H,28,30)(H,29,31). The van der Waals surface area contributed by atoms with E-state index in [1.54, 1.807) is 23.5 Å². The molecule has 0 aliphatic heterocycles. The number of anilines is 1. The van der Waals surface area contributed by atoms with Gasteiger partial charge in [-0.25, -0.2) is 0 Å². The molecule has 1 saturated carbocycles. The zero-order valence-electron chi connectivity index (χ0n) is 21.0. The van der Waals surface area contributed by atoms with Crippen molar-refractivity contribution < 1.29 is 9.59 Å². The summed E-state index contributed by atoms with van der Waals surface area (Å²) in [5.74, 6) is 0.958. The van der Waals surface area contributed by atoms with E-state index < -0.39 is 0 Å². The number of nitrogens with one attached hydrogen (secondary N) is 2. The number of thioether (sulfide) groups is 2. The van der Waals surface area contributed by atoms with Gasteiger partial charge in [-0.15, -0.1) is 11.8 Å². The van der Waals surface area contributed by atoms with E-state index in [2.05, 4.69) is 17.6 Å². The van der Waals surface area contributed by atoms with Crippen LogP contribution in [0.15, 0.2) is 23.1 Å². The molecule has 1 fully saturated rings. The van der Waals surface area contributed by atoms with E-state index in [1.807, 2.05) is 30.7 Å². The lowest BCUT2D eigenvalue weighted by atomic mass is 9.79. The van der Waals surface area contributed by atoms with Gasteiger partial charge in [-0.05, 0) is 50.0 Å². The Hall–Kier alpha value is -1.14. The Balaban J connectivity index is 1.96. The monoisotopic (exact) mass is 492 g/mol. The van der Waals surface area contributed by atoms with Crippen LogP contribution < -0.4 is 10.6 Å². The van der Waals surface area contributed by atoms with Crippen molar-refractivity contribution >= 4 is 41.0 Å². The van der Waals surface area contributed by atoms with Gasteiger partial charge in [0.2, 0.25) is 5.91 Å². The average molecular weight is 493 g/mol. The molecule has 33 heavy (non-hydrogen) atoms. The van der Waals surface area contributed by atoms with Crippen LogP contribution >= 0.6 is 23.5 Å². The number of hydrogen-bond donors (Lipinski definition) is 2. The van der Waals surface area contributed by atoms with Crippen molar-refractivity contribution in [2.75, 3.05) is 30.1 Å². The highest BCUT2D eigenvalue weighted by Crippen LogP contribution is 2.44. The van der Waals surface area contributed by atoms with Crippen LogP contribution in [0, 0.1) is 5.41 Å². The molecule has 0 heterocycles. The molecule has 0 radical (unpaired) electrons. The maximum atomic E-state index is 13.5. The van der Waals surface area contributed by atoms with Gasteiger partial charge in [0.15, 0.2) is 0 Å². The van der Waals surface area contributed by atoms with Crippen LogP contribution in [0.2, 0.25) is 0 Å². The number of unbranched alkanes of at least 4 members (excludes halogenated alkanes) is 7. The van der Waals surface area contributed by atoms with Crippen LogP contribution in [0.5, 0.6) is 0 Å². The fourth-order valence-electron chi connectivity index (χ4n) is 4.81. The number of carbonyl (C=O) groups excluding carboxylic acids is 2. The Labute approximate surface area is 210 Å². The lowest BCUT2D eigenvalue weighted by Gasteiger charge is -2.28. The summed E-state index contributed by atoms with van der Waals surface area (Å²) in [7, 11) is 0. The molecule has 0 aromatic heterocycles. The Morgan fingerprint density at radius 1 is 0.970 bits per heavy atom. The minimum absolute atomic E-state index is 0.0817. The lowest BCUT2D eigenvalue weighted by Crippen LogP contribution is -2.34. The Morgan fingerprint density at radius 2 is 1.64 bits per heavy atom. The Morgan fingerprint density at radius 3 is 2.27 bits per heavy atom. The number of rotatable bonds is 16. The molecule has 2 N–H and O–H groups in total. The van der Waals surface area contributed by atoms with Crippen molar-refractivity contribution in [2.24, 2.45) is 5.41 Å². The van der Waals surface area contributed by atoms with E-state index in [-0.39, 0.29) is 17.2 Å². The predicted molar refractivity (Wildman–Crippen MR) is 146 cm³/mol. The average Bonchev–Trinajstić information content (AvgIpc) is 3.31. The first-order valence-electron chi connectivity index (χ1n) is 12.8. The molecule has 2 rings (SSSR count). The highest BCUT2D eigenvalue weighted by molar-refractivity contribution is 7.98. The molecule has 0 saturated heterocycles. The molecule has 0 unspecified atom stereocenters. The van der Waals surface area contributed by atoms with Crippen LogP contribution in [0.4, 0.5) is 5.69 Å². The zero-order chi connectivity index (χ0) is 23.9. The van der Waals surface area contributed by atoms with Crippen molar-refractivity contribution in [3.63, 3.8) is 0 Å². The van der Waals surface area contributed by atoms with Crippen LogP contribution in [0.1, 0.15) is 101 Å². The highest BCUT2D eigenvalue weighted by atomic mass is 32.2. The topological polar surface area (TPSA) is 58.2 Å². The van der Waals surface area contributed by atoms with Crippen LogP contribution in [0.3, 0.4) is 0 Å². The van der Waals surface area contributed by atoms with E-state index in [1.165, 1.54) is 44.9 Å². The first-order chi connectivity index (χ1) is 16.1. The third-order valence-corrected chi connectivity index (χ3v) is 8.26. The van der Waals surface area contributed by atoms with Crippen LogP contribution in [-0.4, -0.2) is 36.6 Å². The van der Waals surface area contributed by atoms with Gasteiger partial charge in [0.25, 0.3) is 5.91 Å². The normalized spacial score (nSPS) is 14.9. The van der Waals surface area contributed by atoms with E-state index in [0.717, 1.165) is 54.9 Å². The van der Waals surface area contributed by atoms with Crippen molar-refractivity contribution in [2.45, 2.75) is 95.3 Å². The Bertz CT molecular complexity index is 733. The summed E-state index contributed by atoms with van der Waals surface area (Å²) in [4.78, 5) is 27.0. The summed E-state index contributed by atoms with van der Waals surface area (Å²) in [6, 6.07) is 5.64. The summed E-state index contributed by atoms with van der Waals surface area (Å²) >= 11 is 3.31. The van der Waals surface area contributed by atoms with Crippen molar-refractivity contribution in [3.05, 3.63) is 23.8 Å². The number of amides is 2. The fraction of sp³-hybridized carbons (Fsp3) is 0.704. The maximum Gasteiger partial charge on any atom is 0.251 e. The summed E-state index contributed by atoms with van der Waals surface area (Å²) in [5.41, 5.74) is 1.13. The van der Waals surface area contributed by atoms with Gasteiger partial charge < -0.3 is 10.6 Å². The molecule has 1 aromatic carbocycles. The number of benzene rings is 1. The molecule has 1 aromatic rings. The molecule has 4 nitrogen and oxygen atoms in total. The summed E-state index contributed by atoms with van der Waals surface area (Å²) < 4.78 is 0. The number of hydrogen-bond acceptors (Lipinski definition) is 4. The van der Waals surface area contributed by atoms with Gasteiger partial charge in [-0.1, -0.05) is 71.1 Å². The largest absolute Gasteiger partial charge is 0.351 e. The molecule has 2 amide bonds. The van der Waals surface area contributed by atoms with Crippen LogP contribution in [0.25, 0.3) is 0 Å². The molecular formula is C27H44N2O2S2. The third-order valence-electron chi connectivity index (χ3n) is 6.85. The molecule has 186 valence electrons. The highest BCUT2D eigenvalue weighted by Gasteiger charge is 2.40. The van der Waals surface area contributed by atoms with E-state index >= 15 is 0 Å². The van der Waals surface area contributed by atoms with Gasteiger partial charge in [0.1, 0.15) is 0 Å². The van der Waals surface area contributed by atoms with Gasteiger partial charge in [0.05, 0.1) is 5.69 Å². The minimum atomic E-state index is -0.242. The molecule has 1 aliphatic rings. The smallest absolute Gasteiger partial charge is 0.251 e. The molecule has 6 heteroatoms. The van der Waals surface area contributed by atoms with Gasteiger partial charge in [-0.2, -0.15) is 11.8 Å². The predicted octanol–water partition coefficient (Wildman–Crippen LogP) is 7.53. The summed E-state index contributed by atoms with van der Waals surface area (Å²) in [6.07, 6.45) is 19.6. The quantitative estimate of drug-likeness (QED) is 0.185. The van der Waals surface area contributed by atoms with E-state index in [4.69, 9.17) is 0 Å². The summed E-state index contributed by atoms with van der Waals surface area (Å²) in [6.45, 7) is 2.90. The van der Waals surface area contributed by atoms with Gasteiger partial charge in [0, 0.05) is 28.2 Å². The maximum absolute atomic E-state index is 13.5.